The Hall–Kier alpha value is -1.80. The molecule has 0 saturated carbocycles. The highest BCUT2D eigenvalue weighted by atomic mass is 79.9. The zero-order chi connectivity index (χ0) is 15.6. The predicted octanol–water partition coefficient (Wildman–Crippen LogP) is 2.98. The van der Waals surface area contributed by atoms with Crippen LogP contribution in [0.3, 0.4) is 0 Å². The summed E-state index contributed by atoms with van der Waals surface area (Å²) in [6, 6.07) is 8.42. The summed E-state index contributed by atoms with van der Waals surface area (Å²) in [4.78, 5) is -0.329. The molecule has 5 nitrogen and oxygen atoms in total. The van der Waals surface area contributed by atoms with E-state index < -0.39 is 21.5 Å². The Morgan fingerprint density at radius 1 is 1.29 bits per heavy atom. The van der Waals surface area contributed by atoms with E-state index >= 15 is 0 Å². The lowest BCUT2D eigenvalue weighted by atomic mass is 10.3. The number of nitrogen functional groups attached to an aromatic ring is 1. The summed E-state index contributed by atoms with van der Waals surface area (Å²) in [5.41, 5.74) is 5.27. The molecule has 112 valence electrons. The summed E-state index contributed by atoms with van der Waals surface area (Å²) in [5.74, 6) is -0.462. The van der Waals surface area contributed by atoms with Crippen molar-refractivity contribution in [2.45, 2.75) is 4.90 Å². The first-order chi connectivity index (χ1) is 9.85. The van der Waals surface area contributed by atoms with Crippen LogP contribution < -0.4 is 15.2 Å². The molecule has 8 heteroatoms. The molecular weight excluding hydrogens is 363 g/mol. The summed E-state index contributed by atoms with van der Waals surface area (Å²) < 4.78 is 46.1. The summed E-state index contributed by atoms with van der Waals surface area (Å²) in [7, 11) is -2.62. The van der Waals surface area contributed by atoms with Crippen molar-refractivity contribution >= 4 is 37.3 Å². The number of sulfonamides is 1. The number of ether oxygens (including phenoxy) is 1. The SMILES string of the molecule is COc1ccc(Br)cc1NS(=O)(=O)c1cccc(F)c1N. The fraction of sp³-hybridized carbons (Fsp3) is 0.0769. The molecule has 0 aromatic heterocycles. The first-order valence-electron chi connectivity index (χ1n) is 5.75. The van der Waals surface area contributed by atoms with Crippen LogP contribution in [0.5, 0.6) is 5.75 Å². The maximum absolute atomic E-state index is 13.4. The average Bonchev–Trinajstić information content (AvgIpc) is 2.41. The molecule has 0 unspecified atom stereocenters. The maximum Gasteiger partial charge on any atom is 0.264 e. The van der Waals surface area contributed by atoms with Crippen LogP contribution in [0.4, 0.5) is 15.8 Å². The van der Waals surface area contributed by atoms with Crippen molar-refractivity contribution in [2.75, 3.05) is 17.6 Å². The second-order valence-electron chi connectivity index (χ2n) is 4.10. The Morgan fingerprint density at radius 3 is 2.67 bits per heavy atom. The molecule has 0 bridgehead atoms. The van der Waals surface area contributed by atoms with Gasteiger partial charge in [0.2, 0.25) is 0 Å². The molecule has 0 fully saturated rings. The van der Waals surface area contributed by atoms with Gasteiger partial charge in [0, 0.05) is 4.47 Å². The van der Waals surface area contributed by atoms with Crippen molar-refractivity contribution < 1.29 is 17.5 Å². The number of methoxy groups -OCH3 is 1. The molecule has 2 rings (SSSR count). The fourth-order valence-electron chi connectivity index (χ4n) is 1.71. The van der Waals surface area contributed by atoms with E-state index in [1.807, 2.05) is 0 Å². The van der Waals surface area contributed by atoms with E-state index in [1.165, 1.54) is 25.3 Å². The van der Waals surface area contributed by atoms with Crippen LogP contribution >= 0.6 is 15.9 Å². The van der Waals surface area contributed by atoms with Gasteiger partial charge in [0.1, 0.15) is 16.5 Å². The van der Waals surface area contributed by atoms with Crippen molar-refractivity contribution in [1.29, 1.82) is 0 Å². The molecule has 2 aromatic rings. The topological polar surface area (TPSA) is 81.4 Å². The number of nitrogens with two attached hydrogens (primary N) is 1. The maximum atomic E-state index is 13.4. The number of hydrogen-bond acceptors (Lipinski definition) is 4. The fourth-order valence-corrected chi connectivity index (χ4v) is 3.28. The summed E-state index contributed by atoms with van der Waals surface area (Å²) >= 11 is 3.24. The summed E-state index contributed by atoms with van der Waals surface area (Å²) in [5, 5.41) is 0. The van der Waals surface area contributed by atoms with Crippen LogP contribution in [0.15, 0.2) is 45.8 Å². The lowest BCUT2D eigenvalue weighted by Crippen LogP contribution is -2.16. The van der Waals surface area contributed by atoms with Gasteiger partial charge in [-0.05, 0) is 30.3 Å². The molecule has 0 aliphatic carbocycles. The highest BCUT2D eigenvalue weighted by molar-refractivity contribution is 9.10. The van der Waals surface area contributed by atoms with Gasteiger partial charge in [0.25, 0.3) is 10.0 Å². The van der Waals surface area contributed by atoms with Gasteiger partial charge in [-0.3, -0.25) is 4.72 Å². The minimum Gasteiger partial charge on any atom is -0.495 e. The quantitative estimate of drug-likeness (QED) is 0.806. The number of rotatable bonds is 4. The lowest BCUT2D eigenvalue weighted by Gasteiger charge is -2.13. The zero-order valence-electron chi connectivity index (χ0n) is 10.9. The molecular formula is C13H12BrFN2O3S. The highest BCUT2D eigenvalue weighted by Gasteiger charge is 2.21. The third kappa shape index (κ3) is 3.27. The Bertz CT molecular complexity index is 781. The number of benzene rings is 2. The highest BCUT2D eigenvalue weighted by Crippen LogP contribution is 2.31. The molecule has 0 heterocycles. The third-order valence-corrected chi connectivity index (χ3v) is 4.63. The molecule has 0 spiro atoms. The zero-order valence-corrected chi connectivity index (χ0v) is 13.3. The molecule has 0 saturated heterocycles. The van der Waals surface area contributed by atoms with Crippen LogP contribution in [0.1, 0.15) is 0 Å². The lowest BCUT2D eigenvalue weighted by molar-refractivity contribution is 0.417. The minimum atomic E-state index is -4.03. The average molecular weight is 375 g/mol. The molecule has 0 atom stereocenters. The van der Waals surface area contributed by atoms with Crippen LogP contribution in [-0.2, 0) is 10.0 Å². The third-order valence-electron chi connectivity index (χ3n) is 2.71. The number of halogens is 2. The first-order valence-corrected chi connectivity index (χ1v) is 8.03. The molecule has 3 N–H and O–H groups in total. The Labute approximate surface area is 130 Å². The van der Waals surface area contributed by atoms with E-state index in [2.05, 4.69) is 20.7 Å². The van der Waals surface area contributed by atoms with Crippen molar-refractivity contribution in [3.8, 4) is 5.75 Å². The van der Waals surface area contributed by atoms with Gasteiger partial charge >= 0.3 is 0 Å². The Balaban J connectivity index is 2.47. The minimum absolute atomic E-state index is 0.218. The van der Waals surface area contributed by atoms with Crippen LogP contribution in [0.25, 0.3) is 0 Å². The molecule has 2 aromatic carbocycles. The van der Waals surface area contributed by atoms with E-state index in [9.17, 15) is 12.8 Å². The van der Waals surface area contributed by atoms with Gasteiger partial charge in [0.05, 0.1) is 18.5 Å². The Kier molecular flexibility index (Phi) is 4.38. The van der Waals surface area contributed by atoms with Crippen LogP contribution in [0, 0.1) is 5.82 Å². The summed E-state index contributed by atoms with van der Waals surface area (Å²) in [6.45, 7) is 0. The first kappa shape index (κ1) is 15.6. The number of nitrogens with one attached hydrogen (secondary N) is 1. The molecule has 21 heavy (non-hydrogen) atoms. The second kappa shape index (κ2) is 5.90. The van der Waals surface area contributed by atoms with Gasteiger partial charge in [-0.1, -0.05) is 22.0 Å². The molecule has 0 amide bonds. The molecule has 0 radical (unpaired) electrons. The standard InChI is InChI=1S/C13H12BrFN2O3S/c1-20-11-6-5-8(14)7-10(11)17-21(18,19)12-4-2-3-9(15)13(12)16/h2-7,17H,16H2,1H3. The Morgan fingerprint density at radius 2 is 2.00 bits per heavy atom. The largest absolute Gasteiger partial charge is 0.495 e. The van der Waals surface area contributed by atoms with E-state index in [-0.39, 0.29) is 10.6 Å². The summed E-state index contributed by atoms with van der Waals surface area (Å²) in [6.07, 6.45) is 0. The van der Waals surface area contributed by atoms with Crippen LogP contribution in [-0.4, -0.2) is 15.5 Å². The normalized spacial score (nSPS) is 11.2. The molecule has 0 aliphatic heterocycles. The van der Waals surface area contributed by atoms with E-state index in [4.69, 9.17) is 10.5 Å². The van der Waals surface area contributed by atoms with Gasteiger partial charge < -0.3 is 10.5 Å². The van der Waals surface area contributed by atoms with Crippen molar-refractivity contribution in [2.24, 2.45) is 0 Å². The number of hydrogen-bond donors (Lipinski definition) is 2. The van der Waals surface area contributed by atoms with Crippen molar-refractivity contribution in [1.82, 2.24) is 0 Å². The van der Waals surface area contributed by atoms with Gasteiger partial charge in [-0.15, -0.1) is 0 Å². The predicted molar refractivity (Wildman–Crippen MR) is 82.3 cm³/mol. The monoisotopic (exact) mass is 374 g/mol. The van der Waals surface area contributed by atoms with Crippen LogP contribution in [0.2, 0.25) is 0 Å². The van der Waals surface area contributed by atoms with E-state index in [0.717, 1.165) is 6.07 Å². The number of para-hydroxylation sites is 1. The van der Waals surface area contributed by atoms with Crippen molar-refractivity contribution in [3.63, 3.8) is 0 Å². The van der Waals surface area contributed by atoms with E-state index in [0.29, 0.717) is 10.2 Å². The smallest absolute Gasteiger partial charge is 0.264 e. The number of anilines is 2. The van der Waals surface area contributed by atoms with Gasteiger partial charge in [-0.25, -0.2) is 12.8 Å². The molecule has 0 aliphatic rings. The van der Waals surface area contributed by atoms with Gasteiger partial charge in [0.15, 0.2) is 0 Å². The van der Waals surface area contributed by atoms with Crippen molar-refractivity contribution in [3.05, 3.63) is 46.7 Å². The van der Waals surface area contributed by atoms with E-state index in [1.54, 1.807) is 12.1 Å². The second-order valence-corrected chi connectivity index (χ2v) is 6.67. The van der Waals surface area contributed by atoms with Gasteiger partial charge in [-0.2, -0.15) is 0 Å².